The molecule has 4 aromatic rings. The molecule has 0 spiro atoms. The predicted octanol–water partition coefficient (Wildman–Crippen LogP) is 6.09. The SMILES string of the molecule is C[C@H](CCC(=O)c1c[nH]c2ncc(-c3nn(C)c4cc(Cl)ccc34)nc12)C1CCC[C@H](C#N)C1. The van der Waals surface area contributed by atoms with Crippen molar-refractivity contribution in [2.45, 2.75) is 45.4 Å². The van der Waals surface area contributed by atoms with E-state index in [2.05, 4.69) is 28.1 Å². The summed E-state index contributed by atoms with van der Waals surface area (Å²) in [6.45, 7) is 2.21. The first-order valence-corrected chi connectivity index (χ1v) is 12.2. The van der Waals surface area contributed by atoms with Crippen molar-refractivity contribution in [3.63, 3.8) is 0 Å². The molecule has 1 aromatic carbocycles. The number of hydrogen-bond donors (Lipinski definition) is 1. The summed E-state index contributed by atoms with van der Waals surface area (Å²) in [5.74, 6) is 1.16. The molecular weight excluding hydrogens is 448 g/mol. The molecule has 1 fully saturated rings. The van der Waals surface area contributed by atoms with Crippen molar-refractivity contribution < 1.29 is 4.79 Å². The fourth-order valence-corrected chi connectivity index (χ4v) is 5.39. The van der Waals surface area contributed by atoms with E-state index in [1.54, 1.807) is 17.1 Å². The van der Waals surface area contributed by atoms with Crippen LogP contribution in [0.3, 0.4) is 0 Å². The number of H-pyrrole nitrogens is 1. The van der Waals surface area contributed by atoms with Crippen molar-refractivity contribution >= 4 is 39.5 Å². The van der Waals surface area contributed by atoms with Crippen LogP contribution in [0, 0.1) is 29.1 Å². The van der Waals surface area contributed by atoms with Crippen LogP contribution >= 0.6 is 11.6 Å². The molecule has 1 saturated carbocycles. The Morgan fingerprint density at radius 3 is 3.06 bits per heavy atom. The standard InChI is InChI=1S/C26H27ClN6O/c1-15(17-5-3-4-16(10-17)12-28)6-9-23(34)20-13-29-26-25(20)31-21(14-30-26)24-19-8-7-18(27)11-22(19)33(2)32-24/h7-8,11,13-17H,3-6,9-10H2,1-2H3,(H,29,30)/t15-,16+,17?/m1/s1. The highest BCUT2D eigenvalue weighted by Gasteiger charge is 2.27. The maximum absolute atomic E-state index is 13.2. The van der Waals surface area contributed by atoms with Gasteiger partial charge in [0, 0.05) is 36.0 Å². The molecule has 7 nitrogen and oxygen atoms in total. The van der Waals surface area contributed by atoms with Gasteiger partial charge in [0.2, 0.25) is 0 Å². The topological polar surface area (TPSA) is 100 Å². The van der Waals surface area contributed by atoms with Crippen LogP contribution in [0.25, 0.3) is 33.5 Å². The molecule has 0 bridgehead atoms. The van der Waals surface area contributed by atoms with Crippen molar-refractivity contribution in [2.75, 3.05) is 0 Å². The summed E-state index contributed by atoms with van der Waals surface area (Å²) in [6.07, 6.45) is 8.88. The first-order valence-electron chi connectivity index (χ1n) is 11.8. The number of benzene rings is 1. The van der Waals surface area contributed by atoms with Crippen LogP contribution in [0.2, 0.25) is 5.02 Å². The minimum Gasteiger partial charge on any atom is -0.344 e. The van der Waals surface area contributed by atoms with Gasteiger partial charge in [0.1, 0.15) is 16.9 Å². The number of nitrogens with zero attached hydrogens (tertiary/aromatic N) is 5. The van der Waals surface area contributed by atoms with E-state index in [0.717, 1.165) is 43.0 Å². The lowest BCUT2D eigenvalue weighted by Gasteiger charge is -2.30. The Balaban J connectivity index is 1.37. The number of aromatic nitrogens is 5. The van der Waals surface area contributed by atoms with E-state index < -0.39 is 0 Å². The summed E-state index contributed by atoms with van der Waals surface area (Å²) in [5.41, 5.74) is 3.97. The normalized spacial score (nSPS) is 19.4. The fraction of sp³-hybridized carbons (Fsp3) is 0.423. The lowest BCUT2D eigenvalue weighted by atomic mass is 9.74. The summed E-state index contributed by atoms with van der Waals surface area (Å²) >= 11 is 6.16. The van der Waals surface area contributed by atoms with E-state index in [1.807, 2.05) is 25.2 Å². The predicted molar refractivity (Wildman–Crippen MR) is 132 cm³/mol. The van der Waals surface area contributed by atoms with Crippen LogP contribution in [0.1, 0.15) is 55.8 Å². The number of nitrogens with one attached hydrogen (secondary N) is 1. The minimum absolute atomic E-state index is 0.0647. The van der Waals surface area contributed by atoms with Crippen LogP contribution in [0.15, 0.2) is 30.6 Å². The molecule has 0 aliphatic heterocycles. The number of carbonyl (C=O) groups is 1. The third kappa shape index (κ3) is 4.19. The third-order valence-electron chi connectivity index (χ3n) is 7.27. The van der Waals surface area contributed by atoms with Crippen LogP contribution < -0.4 is 0 Å². The molecule has 1 aliphatic carbocycles. The van der Waals surface area contributed by atoms with Crippen molar-refractivity contribution in [3.8, 4) is 17.5 Å². The van der Waals surface area contributed by atoms with Gasteiger partial charge < -0.3 is 4.98 Å². The van der Waals surface area contributed by atoms with Gasteiger partial charge in [-0.1, -0.05) is 31.4 Å². The number of nitriles is 1. The molecule has 0 radical (unpaired) electrons. The Hall–Kier alpha value is -3.24. The Kier molecular flexibility index (Phi) is 6.09. The fourth-order valence-electron chi connectivity index (χ4n) is 5.23. The highest BCUT2D eigenvalue weighted by molar-refractivity contribution is 6.31. The van der Waals surface area contributed by atoms with Gasteiger partial charge in [0.15, 0.2) is 11.4 Å². The zero-order valence-electron chi connectivity index (χ0n) is 19.4. The smallest absolute Gasteiger partial charge is 0.166 e. The number of Topliss-reactive ketones (excluding diaryl/α,β-unsaturated/α-hetero) is 1. The van der Waals surface area contributed by atoms with Gasteiger partial charge in [0.05, 0.1) is 23.3 Å². The van der Waals surface area contributed by atoms with Gasteiger partial charge in [0.25, 0.3) is 0 Å². The van der Waals surface area contributed by atoms with E-state index in [-0.39, 0.29) is 11.7 Å². The van der Waals surface area contributed by atoms with Gasteiger partial charge in [-0.05, 0) is 49.3 Å². The molecular formula is C26H27ClN6O. The summed E-state index contributed by atoms with van der Waals surface area (Å²) in [7, 11) is 1.87. The van der Waals surface area contributed by atoms with Crippen molar-refractivity contribution in [2.24, 2.45) is 24.8 Å². The molecule has 3 atom stereocenters. The van der Waals surface area contributed by atoms with Crippen LogP contribution in [0.5, 0.6) is 0 Å². The van der Waals surface area contributed by atoms with E-state index in [1.165, 1.54) is 0 Å². The number of aryl methyl sites for hydroxylation is 1. The second-order valence-electron chi connectivity index (χ2n) is 9.48. The second-order valence-corrected chi connectivity index (χ2v) is 9.92. The molecule has 0 saturated heterocycles. The number of rotatable bonds is 6. The summed E-state index contributed by atoms with van der Waals surface area (Å²) in [6, 6.07) is 8.06. The van der Waals surface area contributed by atoms with Crippen molar-refractivity contribution in [3.05, 3.63) is 41.2 Å². The van der Waals surface area contributed by atoms with Gasteiger partial charge >= 0.3 is 0 Å². The van der Waals surface area contributed by atoms with Crippen molar-refractivity contribution in [1.29, 1.82) is 5.26 Å². The Morgan fingerprint density at radius 2 is 2.24 bits per heavy atom. The minimum atomic E-state index is 0.0647. The Morgan fingerprint density at radius 1 is 1.38 bits per heavy atom. The largest absolute Gasteiger partial charge is 0.344 e. The monoisotopic (exact) mass is 474 g/mol. The molecule has 8 heteroatoms. The summed E-state index contributed by atoms with van der Waals surface area (Å²) < 4.78 is 1.77. The number of ketones is 1. The highest BCUT2D eigenvalue weighted by Crippen LogP contribution is 2.36. The molecule has 5 rings (SSSR count). The van der Waals surface area contributed by atoms with E-state index in [4.69, 9.17) is 16.6 Å². The zero-order valence-corrected chi connectivity index (χ0v) is 20.1. The number of hydrogen-bond acceptors (Lipinski definition) is 5. The lowest BCUT2D eigenvalue weighted by molar-refractivity contribution is 0.0966. The Bertz CT molecular complexity index is 1410. The average molecular weight is 475 g/mol. The third-order valence-corrected chi connectivity index (χ3v) is 7.50. The molecule has 174 valence electrons. The van der Waals surface area contributed by atoms with Crippen LogP contribution in [-0.2, 0) is 7.05 Å². The Labute approximate surface area is 203 Å². The van der Waals surface area contributed by atoms with Crippen LogP contribution in [0.4, 0.5) is 0 Å². The molecule has 3 aromatic heterocycles. The molecule has 1 unspecified atom stereocenters. The molecule has 34 heavy (non-hydrogen) atoms. The highest BCUT2D eigenvalue weighted by atomic mass is 35.5. The molecule has 0 amide bonds. The van der Waals surface area contributed by atoms with Gasteiger partial charge in [-0.15, -0.1) is 0 Å². The van der Waals surface area contributed by atoms with Crippen LogP contribution in [-0.4, -0.2) is 30.5 Å². The summed E-state index contributed by atoms with van der Waals surface area (Å²) in [5, 5.41) is 15.5. The lowest BCUT2D eigenvalue weighted by Crippen LogP contribution is -2.21. The second kappa shape index (κ2) is 9.19. The van der Waals surface area contributed by atoms with E-state index in [9.17, 15) is 10.1 Å². The maximum Gasteiger partial charge on any atom is 0.166 e. The van der Waals surface area contributed by atoms with E-state index in [0.29, 0.717) is 51.4 Å². The first kappa shape index (κ1) is 22.5. The van der Waals surface area contributed by atoms with Gasteiger partial charge in [-0.3, -0.25) is 9.48 Å². The van der Waals surface area contributed by atoms with E-state index >= 15 is 0 Å². The maximum atomic E-state index is 13.2. The number of carbonyl (C=O) groups excluding carboxylic acids is 1. The molecule has 1 N–H and O–H groups in total. The molecule has 3 heterocycles. The average Bonchev–Trinajstić information content (AvgIpc) is 3.42. The number of aromatic amines is 1. The zero-order chi connectivity index (χ0) is 23.8. The molecule has 1 aliphatic rings. The number of fused-ring (bicyclic) bond motifs is 2. The van der Waals surface area contributed by atoms with Gasteiger partial charge in [-0.2, -0.15) is 10.4 Å². The summed E-state index contributed by atoms with van der Waals surface area (Å²) in [4.78, 5) is 25.5. The number of halogens is 1. The van der Waals surface area contributed by atoms with Crippen molar-refractivity contribution in [1.82, 2.24) is 24.7 Å². The quantitative estimate of drug-likeness (QED) is 0.340. The van der Waals surface area contributed by atoms with Gasteiger partial charge in [-0.25, -0.2) is 9.97 Å². The first-order chi connectivity index (χ1) is 16.4.